The van der Waals surface area contributed by atoms with Gasteiger partial charge in [0.05, 0.1) is 6.10 Å². The van der Waals surface area contributed by atoms with E-state index in [0.29, 0.717) is 11.9 Å². The van der Waals surface area contributed by atoms with Gasteiger partial charge in [0.1, 0.15) is 0 Å². The largest absolute Gasteiger partial charge is 0.487 e. The molecule has 3 nitrogen and oxygen atoms in total. The standard InChI is InChI=1S/C11H14N2O/c12-11-10(2-1-3-13-11)14-9-5-7-4-8(7)6-9/h1-3,7-9H,4-6H2,(H2,12,13)/t7-,8+,9+. The molecule has 2 aliphatic rings. The molecule has 0 radical (unpaired) electrons. The Morgan fingerprint density at radius 1 is 1.29 bits per heavy atom. The number of anilines is 1. The monoisotopic (exact) mass is 190 g/mol. The molecule has 3 rings (SSSR count). The summed E-state index contributed by atoms with van der Waals surface area (Å²) in [6.45, 7) is 0. The SMILES string of the molecule is Nc1ncccc1O[C@@H]1C[C@@H]2C[C@@H]2C1. The number of aromatic nitrogens is 1. The molecule has 0 aromatic carbocycles. The summed E-state index contributed by atoms with van der Waals surface area (Å²) in [5.74, 6) is 3.14. The lowest BCUT2D eigenvalue weighted by Gasteiger charge is -2.15. The molecule has 2 fully saturated rings. The Morgan fingerprint density at radius 3 is 2.79 bits per heavy atom. The lowest BCUT2D eigenvalue weighted by Crippen LogP contribution is -2.14. The summed E-state index contributed by atoms with van der Waals surface area (Å²) >= 11 is 0. The topological polar surface area (TPSA) is 48.1 Å². The normalized spacial score (nSPS) is 33.9. The van der Waals surface area contributed by atoms with Gasteiger partial charge in [-0.3, -0.25) is 0 Å². The van der Waals surface area contributed by atoms with E-state index >= 15 is 0 Å². The van der Waals surface area contributed by atoms with Gasteiger partial charge in [0.25, 0.3) is 0 Å². The van der Waals surface area contributed by atoms with Gasteiger partial charge in [-0.05, 0) is 43.2 Å². The van der Waals surface area contributed by atoms with E-state index in [4.69, 9.17) is 10.5 Å². The Labute approximate surface area is 83.3 Å². The average Bonchev–Trinajstić information content (AvgIpc) is 2.79. The van der Waals surface area contributed by atoms with E-state index in [1.807, 2.05) is 12.1 Å². The molecule has 3 heteroatoms. The highest BCUT2D eigenvalue weighted by atomic mass is 16.5. The fourth-order valence-corrected chi connectivity index (χ4v) is 2.44. The van der Waals surface area contributed by atoms with Crippen LogP contribution in [0, 0.1) is 11.8 Å². The van der Waals surface area contributed by atoms with Gasteiger partial charge in [-0.1, -0.05) is 0 Å². The lowest BCUT2D eigenvalue weighted by molar-refractivity contribution is 0.195. The average molecular weight is 190 g/mol. The van der Waals surface area contributed by atoms with Gasteiger partial charge in [-0.2, -0.15) is 0 Å². The molecule has 1 aromatic heterocycles. The fraction of sp³-hybridized carbons (Fsp3) is 0.545. The number of pyridine rings is 1. The molecule has 2 aliphatic carbocycles. The van der Waals surface area contributed by atoms with Crippen LogP contribution in [0.15, 0.2) is 18.3 Å². The van der Waals surface area contributed by atoms with Crippen molar-refractivity contribution < 1.29 is 4.74 Å². The minimum Gasteiger partial charge on any atom is -0.487 e. The summed E-state index contributed by atoms with van der Waals surface area (Å²) in [5.41, 5.74) is 5.71. The van der Waals surface area contributed by atoms with Gasteiger partial charge in [0, 0.05) is 6.20 Å². The van der Waals surface area contributed by atoms with E-state index in [-0.39, 0.29) is 0 Å². The third-order valence-electron chi connectivity index (χ3n) is 3.29. The Bertz CT molecular complexity index is 343. The van der Waals surface area contributed by atoms with E-state index in [2.05, 4.69) is 4.98 Å². The van der Waals surface area contributed by atoms with Crippen molar-refractivity contribution in [3.63, 3.8) is 0 Å². The van der Waals surface area contributed by atoms with Crippen LogP contribution < -0.4 is 10.5 Å². The quantitative estimate of drug-likeness (QED) is 0.774. The molecular formula is C11H14N2O. The Balaban J connectivity index is 1.69. The lowest BCUT2D eigenvalue weighted by atomic mass is 10.2. The number of nitrogen functional groups attached to an aromatic ring is 1. The zero-order valence-corrected chi connectivity index (χ0v) is 8.02. The third-order valence-corrected chi connectivity index (χ3v) is 3.29. The highest BCUT2D eigenvalue weighted by Crippen LogP contribution is 2.52. The molecule has 0 amide bonds. The number of hydrogen-bond acceptors (Lipinski definition) is 3. The van der Waals surface area contributed by atoms with Crippen LogP contribution in [0.5, 0.6) is 5.75 Å². The first-order chi connectivity index (χ1) is 6.83. The summed E-state index contributed by atoms with van der Waals surface area (Å²) in [5, 5.41) is 0. The van der Waals surface area contributed by atoms with Crippen LogP contribution in [0.3, 0.4) is 0 Å². The molecule has 14 heavy (non-hydrogen) atoms. The Morgan fingerprint density at radius 2 is 2.07 bits per heavy atom. The van der Waals surface area contributed by atoms with Crippen molar-refractivity contribution >= 4 is 5.82 Å². The maximum atomic E-state index is 5.82. The van der Waals surface area contributed by atoms with Crippen LogP contribution in [0.1, 0.15) is 19.3 Å². The molecule has 0 unspecified atom stereocenters. The van der Waals surface area contributed by atoms with Gasteiger partial charge < -0.3 is 10.5 Å². The molecule has 2 N–H and O–H groups in total. The minimum absolute atomic E-state index is 0.380. The molecule has 0 bridgehead atoms. The molecule has 2 saturated carbocycles. The molecule has 1 aromatic rings. The minimum atomic E-state index is 0.380. The highest BCUT2D eigenvalue weighted by molar-refractivity contribution is 5.44. The molecule has 3 atom stereocenters. The van der Waals surface area contributed by atoms with Crippen LogP contribution in [-0.4, -0.2) is 11.1 Å². The summed E-state index contributed by atoms with van der Waals surface area (Å²) in [7, 11) is 0. The number of nitrogens with two attached hydrogens (primary N) is 1. The van der Waals surface area contributed by atoms with Crippen molar-refractivity contribution in [3.8, 4) is 5.75 Å². The Kier molecular flexibility index (Phi) is 1.66. The van der Waals surface area contributed by atoms with E-state index in [0.717, 1.165) is 17.6 Å². The van der Waals surface area contributed by atoms with Crippen LogP contribution in [0.2, 0.25) is 0 Å². The van der Waals surface area contributed by atoms with Crippen LogP contribution in [0.4, 0.5) is 5.82 Å². The Hall–Kier alpha value is -1.25. The van der Waals surface area contributed by atoms with E-state index < -0.39 is 0 Å². The molecule has 1 heterocycles. The predicted octanol–water partition coefficient (Wildman–Crippen LogP) is 1.84. The molecule has 0 aliphatic heterocycles. The zero-order chi connectivity index (χ0) is 9.54. The summed E-state index contributed by atoms with van der Waals surface area (Å²) in [6.07, 6.45) is 5.90. The smallest absolute Gasteiger partial charge is 0.166 e. The van der Waals surface area contributed by atoms with Crippen molar-refractivity contribution in [3.05, 3.63) is 18.3 Å². The first-order valence-corrected chi connectivity index (χ1v) is 5.20. The number of fused-ring (bicyclic) bond motifs is 1. The van der Waals surface area contributed by atoms with Crippen molar-refractivity contribution in [2.45, 2.75) is 25.4 Å². The fourth-order valence-electron chi connectivity index (χ4n) is 2.44. The summed E-state index contributed by atoms with van der Waals surface area (Å²) in [6, 6.07) is 3.76. The molecule has 74 valence electrons. The number of rotatable bonds is 2. The first kappa shape index (κ1) is 8.09. The summed E-state index contributed by atoms with van der Waals surface area (Å²) < 4.78 is 5.82. The van der Waals surface area contributed by atoms with E-state index in [1.165, 1.54) is 19.3 Å². The van der Waals surface area contributed by atoms with Crippen molar-refractivity contribution in [1.82, 2.24) is 4.98 Å². The maximum Gasteiger partial charge on any atom is 0.166 e. The van der Waals surface area contributed by atoms with Crippen molar-refractivity contribution in [1.29, 1.82) is 0 Å². The highest BCUT2D eigenvalue weighted by Gasteiger charge is 2.46. The van der Waals surface area contributed by atoms with Crippen LogP contribution in [-0.2, 0) is 0 Å². The van der Waals surface area contributed by atoms with Gasteiger partial charge in [-0.25, -0.2) is 4.98 Å². The van der Waals surface area contributed by atoms with Crippen LogP contribution >= 0.6 is 0 Å². The third kappa shape index (κ3) is 1.33. The number of ether oxygens (including phenoxy) is 1. The second-order valence-corrected chi connectivity index (χ2v) is 4.35. The van der Waals surface area contributed by atoms with Crippen molar-refractivity contribution in [2.75, 3.05) is 5.73 Å². The second kappa shape index (κ2) is 2.87. The first-order valence-electron chi connectivity index (χ1n) is 5.20. The maximum absolute atomic E-state index is 5.82. The van der Waals surface area contributed by atoms with Crippen molar-refractivity contribution in [2.24, 2.45) is 11.8 Å². The van der Waals surface area contributed by atoms with Gasteiger partial charge in [-0.15, -0.1) is 0 Å². The molecular weight excluding hydrogens is 176 g/mol. The van der Waals surface area contributed by atoms with Gasteiger partial charge in [0.2, 0.25) is 0 Å². The predicted molar refractivity (Wildman–Crippen MR) is 53.9 cm³/mol. The van der Waals surface area contributed by atoms with Crippen LogP contribution in [0.25, 0.3) is 0 Å². The summed E-state index contributed by atoms with van der Waals surface area (Å²) in [4.78, 5) is 4.00. The van der Waals surface area contributed by atoms with Gasteiger partial charge in [0.15, 0.2) is 11.6 Å². The molecule has 0 saturated heterocycles. The van der Waals surface area contributed by atoms with E-state index in [9.17, 15) is 0 Å². The van der Waals surface area contributed by atoms with E-state index in [1.54, 1.807) is 6.20 Å². The van der Waals surface area contributed by atoms with Gasteiger partial charge >= 0.3 is 0 Å². The number of nitrogens with zero attached hydrogens (tertiary/aromatic N) is 1. The second-order valence-electron chi connectivity index (χ2n) is 4.35. The zero-order valence-electron chi connectivity index (χ0n) is 8.02. The number of hydrogen-bond donors (Lipinski definition) is 1. The molecule has 0 spiro atoms.